The summed E-state index contributed by atoms with van der Waals surface area (Å²) in [6.07, 6.45) is -2.89. The predicted molar refractivity (Wildman–Crippen MR) is 114 cm³/mol. The molecule has 1 aliphatic rings. The Labute approximate surface area is 189 Å². The van der Waals surface area contributed by atoms with Crippen LogP contribution in [-0.2, 0) is 15.8 Å². The number of carboxylic acids is 1. The average Bonchev–Trinajstić information content (AvgIpc) is 2.77. The van der Waals surface area contributed by atoms with E-state index in [1.54, 1.807) is 23.1 Å². The molecule has 0 aromatic heterocycles. The summed E-state index contributed by atoms with van der Waals surface area (Å²) in [4.78, 5) is 25.6. The van der Waals surface area contributed by atoms with Crippen molar-refractivity contribution in [1.82, 2.24) is 4.90 Å². The van der Waals surface area contributed by atoms with Crippen molar-refractivity contribution >= 4 is 11.9 Å². The number of amides is 1. The van der Waals surface area contributed by atoms with Gasteiger partial charge in [-0.1, -0.05) is 18.2 Å². The number of alkyl halides is 3. The lowest BCUT2D eigenvalue weighted by Crippen LogP contribution is -2.41. The molecular weight excluding hydrogens is 439 g/mol. The smallest absolute Gasteiger partial charge is 0.416 e. The van der Waals surface area contributed by atoms with Crippen LogP contribution in [0.25, 0.3) is 0 Å². The molecule has 1 N–H and O–H groups in total. The fourth-order valence-electron chi connectivity index (χ4n) is 3.64. The van der Waals surface area contributed by atoms with Crippen molar-refractivity contribution in [2.75, 3.05) is 19.7 Å². The first-order valence-electron chi connectivity index (χ1n) is 10.6. The van der Waals surface area contributed by atoms with Crippen molar-refractivity contribution in [3.05, 3.63) is 59.7 Å². The van der Waals surface area contributed by atoms with Crippen molar-refractivity contribution in [1.29, 1.82) is 0 Å². The molecule has 1 aliphatic heterocycles. The van der Waals surface area contributed by atoms with Gasteiger partial charge >= 0.3 is 12.1 Å². The molecule has 1 fully saturated rings. The lowest BCUT2D eigenvalue weighted by atomic mass is 9.90. The van der Waals surface area contributed by atoms with Gasteiger partial charge < -0.3 is 19.5 Å². The summed E-state index contributed by atoms with van der Waals surface area (Å²) in [5.41, 5.74) is -1.29. The van der Waals surface area contributed by atoms with Crippen molar-refractivity contribution in [2.24, 2.45) is 0 Å². The zero-order valence-corrected chi connectivity index (χ0v) is 18.4. The fourth-order valence-corrected chi connectivity index (χ4v) is 3.64. The van der Waals surface area contributed by atoms with Crippen LogP contribution in [0.3, 0.4) is 0 Å². The van der Waals surface area contributed by atoms with Gasteiger partial charge in [-0.05, 0) is 62.6 Å². The third kappa shape index (κ3) is 6.40. The van der Waals surface area contributed by atoms with Gasteiger partial charge in [-0.15, -0.1) is 0 Å². The Morgan fingerprint density at radius 1 is 1.09 bits per heavy atom. The summed E-state index contributed by atoms with van der Waals surface area (Å²) in [6, 6.07) is 11.6. The molecular formula is C24H26F3NO5. The minimum Gasteiger partial charge on any atom is -0.484 e. The fraction of sp³-hybridized carbons (Fsp3) is 0.417. The molecule has 0 spiro atoms. The van der Waals surface area contributed by atoms with Crippen molar-refractivity contribution in [3.8, 4) is 11.5 Å². The molecule has 33 heavy (non-hydrogen) atoms. The first-order chi connectivity index (χ1) is 15.5. The molecule has 6 nitrogen and oxygen atoms in total. The van der Waals surface area contributed by atoms with Crippen LogP contribution < -0.4 is 9.47 Å². The van der Waals surface area contributed by atoms with E-state index in [0.717, 1.165) is 30.5 Å². The molecule has 3 rings (SSSR count). The summed E-state index contributed by atoms with van der Waals surface area (Å²) >= 11 is 0. The van der Waals surface area contributed by atoms with E-state index in [0.29, 0.717) is 18.8 Å². The first-order valence-corrected chi connectivity index (χ1v) is 10.6. The topological polar surface area (TPSA) is 76.1 Å². The maximum atomic E-state index is 12.9. The van der Waals surface area contributed by atoms with Gasteiger partial charge in [0, 0.05) is 19.0 Å². The Kier molecular flexibility index (Phi) is 7.19. The van der Waals surface area contributed by atoms with E-state index in [1.165, 1.54) is 26.0 Å². The Balaban J connectivity index is 1.62. The molecule has 1 atom stereocenters. The largest absolute Gasteiger partial charge is 0.484 e. The number of aliphatic carboxylic acids is 1. The minimum atomic E-state index is -4.48. The first kappa shape index (κ1) is 24.4. The summed E-state index contributed by atoms with van der Waals surface area (Å²) < 4.78 is 49.5. The maximum Gasteiger partial charge on any atom is 0.416 e. The van der Waals surface area contributed by atoms with Gasteiger partial charge in [0.2, 0.25) is 0 Å². The number of piperidine rings is 1. The highest BCUT2D eigenvalue weighted by Crippen LogP contribution is 2.32. The molecule has 2 aromatic carbocycles. The van der Waals surface area contributed by atoms with Gasteiger partial charge in [-0.3, -0.25) is 4.79 Å². The van der Waals surface area contributed by atoms with Crippen LogP contribution in [0.1, 0.15) is 43.7 Å². The number of ether oxygens (including phenoxy) is 2. The van der Waals surface area contributed by atoms with Gasteiger partial charge in [0.25, 0.3) is 5.91 Å². The number of nitrogens with zero attached hydrogens (tertiary/aromatic N) is 1. The summed E-state index contributed by atoms with van der Waals surface area (Å²) in [6.45, 7) is 3.53. The van der Waals surface area contributed by atoms with Crippen molar-refractivity contribution in [2.45, 2.75) is 44.4 Å². The van der Waals surface area contributed by atoms with Crippen molar-refractivity contribution < 1.29 is 37.3 Å². The summed E-state index contributed by atoms with van der Waals surface area (Å²) in [7, 11) is 0. The highest BCUT2D eigenvalue weighted by atomic mass is 19.4. The standard InChI is InChI=1S/C24H26F3NO5/c1-23(2,22(30)31)33-20-10-3-6-16(12-20)17-7-5-11-28(14-17)21(29)15-32-19-9-4-8-18(13-19)24(25,26)27/h3-4,6,8-10,12-13,17H,5,7,11,14-15H2,1-2H3,(H,30,31). The van der Waals surface area contributed by atoms with Crippen LogP contribution in [0.2, 0.25) is 0 Å². The van der Waals surface area contributed by atoms with E-state index in [1.807, 2.05) is 6.07 Å². The van der Waals surface area contributed by atoms with E-state index in [-0.39, 0.29) is 24.2 Å². The second-order valence-electron chi connectivity index (χ2n) is 8.48. The van der Waals surface area contributed by atoms with Crippen LogP contribution in [-0.4, -0.2) is 47.2 Å². The van der Waals surface area contributed by atoms with E-state index >= 15 is 0 Å². The van der Waals surface area contributed by atoms with Gasteiger partial charge in [0.15, 0.2) is 12.2 Å². The number of halogens is 3. The van der Waals surface area contributed by atoms with Gasteiger partial charge in [0.1, 0.15) is 11.5 Å². The number of hydrogen-bond acceptors (Lipinski definition) is 4. The number of carbonyl (C=O) groups is 2. The number of benzene rings is 2. The zero-order valence-electron chi connectivity index (χ0n) is 18.4. The van der Waals surface area contributed by atoms with E-state index in [4.69, 9.17) is 9.47 Å². The average molecular weight is 465 g/mol. The lowest BCUT2D eigenvalue weighted by molar-refractivity contribution is -0.152. The van der Waals surface area contributed by atoms with Crippen LogP contribution >= 0.6 is 0 Å². The van der Waals surface area contributed by atoms with Crippen LogP contribution in [0.15, 0.2) is 48.5 Å². The number of carboxylic acid groups (broad SMARTS) is 1. The Morgan fingerprint density at radius 2 is 1.79 bits per heavy atom. The third-order valence-electron chi connectivity index (χ3n) is 5.52. The number of hydrogen-bond donors (Lipinski definition) is 1. The van der Waals surface area contributed by atoms with Crippen molar-refractivity contribution in [3.63, 3.8) is 0 Å². The Hall–Kier alpha value is -3.23. The zero-order chi connectivity index (χ0) is 24.2. The van der Waals surface area contributed by atoms with Gasteiger partial charge in [-0.2, -0.15) is 13.2 Å². The summed E-state index contributed by atoms with van der Waals surface area (Å²) in [5.74, 6) is -0.957. The second kappa shape index (κ2) is 9.72. The lowest BCUT2D eigenvalue weighted by Gasteiger charge is -2.33. The maximum absolute atomic E-state index is 12.9. The van der Waals surface area contributed by atoms with E-state index in [2.05, 4.69) is 0 Å². The Bertz CT molecular complexity index is 1010. The van der Waals surface area contributed by atoms with Crippen LogP contribution in [0.4, 0.5) is 13.2 Å². The summed E-state index contributed by atoms with van der Waals surface area (Å²) in [5, 5.41) is 9.27. The van der Waals surface area contributed by atoms with Crippen LogP contribution in [0.5, 0.6) is 11.5 Å². The molecule has 1 unspecified atom stereocenters. The normalized spacial score (nSPS) is 16.9. The molecule has 0 aliphatic carbocycles. The number of likely N-dealkylation sites (tertiary alicyclic amines) is 1. The molecule has 2 aromatic rings. The van der Waals surface area contributed by atoms with E-state index < -0.39 is 23.3 Å². The Morgan fingerprint density at radius 3 is 2.48 bits per heavy atom. The SMILES string of the molecule is CC(C)(Oc1cccc(C2CCCN(C(=O)COc3cccc(C(F)(F)F)c3)C2)c1)C(=O)O. The molecule has 9 heteroatoms. The molecule has 1 heterocycles. The van der Waals surface area contributed by atoms with E-state index in [9.17, 15) is 27.9 Å². The molecule has 0 saturated carbocycles. The third-order valence-corrected chi connectivity index (χ3v) is 5.52. The molecule has 178 valence electrons. The highest BCUT2D eigenvalue weighted by Gasteiger charge is 2.31. The quantitative estimate of drug-likeness (QED) is 0.640. The van der Waals surface area contributed by atoms with Gasteiger partial charge in [-0.25, -0.2) is 4.79 Å². The molecule has 0 bridgehead atoms. The predicted octanol–water partition coefficient (Wildman–Crippen LogP) is 4.73. The number of carbonyl (C=O) groups excluding carboxylic acids is 1. The second-order valence-corrected chi connectivity index (χ2v) is 8.48. The highest BCUT2D eigenvalue weighted by molar-refractivity contribution is 5.78. The molecule has 0 radical (unpaired) electrons. The molecule has 1 saturated heterocycles. The number of rotatable bonds is 7. The minimum absolute atomic E-state index is 0.0161. The monoisotopic (exact) mass is 465 g/mol. The van der Waals surface area contributed by atoms with Gasteiger partial charge in [0.05, 0.1) is 5.56 Å². The molecule has 1 amide bonds. The van der Waals surface area contributed by atoms with Crippen LogP contribution in [0, 0.1) is 0 Å².